The Hall–Kier alpha value is -4.40. The number of alkyl carbamates (subject to hydrolysis) is 1. The zero-order valence-corrected chi connectivity index (χ0v) is 24.2. The number of hydrogen-bond donors (Lipinski definition) is 2. The lowest BCUT2D eigenvalue weighted by Crippen LogP contribution is -2.73. The molecular weight excluding hydrogens is 715 g/mol. The number of fused-ring (bicyclic) bond motifs is 3. The lowest BCUT2D eigenvalue weighted by atomic mass is 9.91. The molecule has 49 heavy (non-hydrogen) atoms. The number of hydrogen-bond acceptors (Lipinski definition) is 4. The van der Waals surface area contributed by atoms with Crippen LogP contribution in [0.25, 0.3) is 11.1 Å². The van der Waals surface area contributed by atoms with Crippen LogP contribution in [0.1, 0.15) is 18.5 Å². The van der Waals surface area contributed by atoms with Crippen molar-refractivity contribution in [3.8, 4) is 11.1 Å². The maximum Gasteiger partial charge on any atom is 0.460 e. The number of nitrogens with zero attached hydrogens (tertiary/aromatic N) is 1. The molecule has 2 aromatic rings. The lowest BCUT2D eigenvalue weighted by molar-refractivity contribution is -0.451. The largest absolute Gasteiger partial charge is 0.460 e. The first-order valence-corrected chi connectivity index (χ1v) is 13.1. The molecule has 1 heterocycles. The van der Waals surface area contributed by atoms with Gasteiger partial charge in [0.05, 0.1) is 6.54 Å². The zero-order chi connectivity index (χ0) is 37.8. The second-order valence-electron chi connectivity index (χ2n) is 10.4. The van der Waals surface area contributed by atoms with Crippen molar-refractivity contribution in [2.24, 2.45) is 0 Å². The molecule has 1 aliphatic heterocycles. The molecular formula is C27H20F15N3O4. The van der Waals surface area contributed by atoms with E-state index in [2.05, 4.69) is 10.1 Å². The number of rotatable bonds is 10. The van der Waals surface area contributed by atoms with Crippen LogP contribution in [0.15, 0.2) is 48.5 Å². The van der Waals surface area contributed by atoms with E-state index in [9.17, 15) is 80.2 Å². The highest BCUT2D eigenvalue weighted by Crippen LogP contribution is 2.62. The summed E-state index contributed by atoms with van der Waals surface area (Å²) in [6.07, 6.45) is -12.2. The normalized spacial score (nSPS) is 16.8. The third-order valence-corrected chi connectivity index (χ3v) is 7.19. The van der Waals surface area contributed by atoms with Gasteiger partial charge in [-0.25, -0.2) is 4.79 Å². The number of benzene rings is 2. The van der Waals surface area contributed by atoms with Gasteiger partial charge in [-0.3, -0.25) is 9.59 Å². The van der Waals surface area contributed by atoms with Crippen molar-refractivity contribution in [1.29, 1.82) is 0 Å². The number of halogens is 15. The third kappa shape index (κ3) is 6.28. The van der Waals surface area contributed by atoms with Crippen molar-refractivity contribution in [2.45, 2.75) is 60.8 Å². The van der Waals surface area contributed by atoms with Crippen molar-refractivity contribution in [3.63, 3.8) is 0 Å². The fraction of sp³-hybridized carbons (Fsp3) is 0.444. The van der Waals surface area contributed by atoms with Crippen LogP contribution in [0.3, 0.4) is 0 Å². The SMILES string of the molecule is C[C@H](OC(=O)NCC(F)(F)C(F)(F)C(F)(F)C(F)(F)C(F)(F)C(F)(F)C(F)(F)F)C(=O)N(C)[C@@H]1C(=O)Nc2ccccc2-c2ccccc21. The molecule has 1 aliphatic rings. The van der Waals surface area contributed by atoms with Crippen LogP contribution in [-0.4, -0.2) is 84.2 Å². The topological polar surface area (TPSA) is 87.7 Å². The molecule has 0 fully saturated rings. The van der Waals surface area contributed by atoms with Gasteiger partial charge in [-0.15, -0.1) is 0 Å². The lowest BCUT2D eigenvalue weighted by Gasteiger charge is -2.41. The van der Waals surface area contributed by atoms with Crippen LogP contribution < -0.4 is 10.6 Å². The number of likely N-dealkylation sites (N-methyl/N-ethyl adjacent to an activating group) is 1. The van der Waals surface area contributed by atoms with Crippen molar-refractivity contribution in [1.82, 2.24) is 10.2 Å². The molecule has 0 bridgehead atoms. The Bertz CT molecular complexity index is 1600. The summed E-state index contributed by atoms with van der Waals surface area (Å²) in [5.41, 5.74) is 1.54. The Kier molecular flexibility index (Phi) is 9.95. The third-order valence-electron chi connectivity index (χ3n) is 7.19. The van der Waals surface area contributed by atoms with E-state index in [0.717, 1.165) is 14.0 Å². The van der Waals surface area contributed by atoms with Crippen molar-refractivity contribution in [2.75, 3.05) is 18.9 Å². The van der Waals surface area contributed by atoms with E-state index in [-0.39, 0.29) is 5.56 Å². The second-order valence-corrected chi connectivity index (χ2v) is 10.4. The van der Waals surface area contributed by atoms with Gasteiger partial charge in [0.15, 0.2) is 6.10 Å². The van der Waals surface area contributed by atoms with Gasteiger partial charge in [0.1, 0.15) is 6.04 Å². The summed E-state index contributed by atoms with van der Waals surface area (Å²) in [6.45, 7) is -2.45. The number of carbonyl (C=O) groups excluding carboxylic acids is 3. The van der Waals surface area contributed by atoms with E-state index in [1.54, 1.807) is 30.3 Å². The Morgan fingerprint density at radius 2 is 1.22 bits per heavy atom. The molecule has 0 unspecified atom stereocenters. The van der Waals surface area contributed by atoms with Crippen LogP contribution in [0.4, 0.5) is 76.3 Å². The molecule has 272 valence electrons. The molecule has 0 radical (unpaired) electrons. The highest BCUT2D eigenvalue weighted by molar-refractivity contribution is 6.04. The van der Waals surface area contributed by atoms with E-state index in [1.165, 1.54) is 18.2 Å². The Labute approximate surface area is 264 Å². The number of nitrogens with one attached hydrogen (secondary N) is 2. The van der Waals surface area contributed by atoms with Crippen molar-refractivity contribution in [3.05, 3.63) is 54.1 Å². The standard InChI is InChI=1S/C27H20F15N3O4/c1-12(19(47)45(2)17-15-9-4-3-7-13(15)14-8-5-6-10-16(14)44-18(17)46)49-20(48)43-11-21(28,29)22(30,31)23(32,33)24(34,35)25(36,37)26(38,39)27(40,41)42/h3-10,12,17H,11H2,1-2H3,(H,43,48)(H,44,46)/t12-,17-/m0/s1. The number of ether oxygens (including phenoxy) is 1. The van der Waals surface area contributed by atoms with E-state index in [1.807, 2.05) is 0 Å². The number of amides is 3. The average molecular weight is 735 g/mol. The molecule has 2 aromatic carbocycles. The predicted molar refractivity (Wildman–Crippen MR) is 136 cm³/mol. The number of alkyl halides is 15. The molecule has 3 amide bonds. The van der Waals surface area contributed by atoms with Gasteiger partial charge in [0.2, 0.25) is 0 Å². The number of carbonyl (C=O) groups is 3. The van der Waals surface area contributed by atoms with Crippen molar-refractivity contribution < 1.29 is 85.0 Å². The molecule has 0 aliphatic carbocycles. The maximum atomic E-state index is 14.1. The summed E-state index contributed by atoms with van der Waals surface area (Å²) in [5.74, 6) is -50.0. The molecule has 0 saturated carbocycles. The molecule has 3 rings (SSSR count). The molecule has 2 N–H and O–H groups in total. The van der Waals surface area contributed by atoms with Gasteiger partial charge in [-0.05, 0) is 24.1 Å². The van der Waals surface area contributed by atoms with Gasteiger partial charge in [0, 0.05) is 18.3 Å². The maximum absolute atomic E-state index is 14.1. The monoisotopic (exact) mass is 735 g/mol. The summed E-state index contributed by atoms with van der Waals surface area (Å²) in [4.78, 5) is 38.9. The molecule has 0 aromatic heterocycles. The predicted octanol–water partition coefficient (Wildman–Crippen LogP) is 7.29. The van der Waals surface area contributed by atoms with E-state index in [0.29, 0.717) is 27.0 Å². The minimum Gasteiger partial charge on any atom is -0.436 e. The van der Waals surface area contributed by atoms with E-state index >= 15 is 0 Å². The summed E-state index contributed by atoms with van der Waals surface area (Å²) >= 11 is 0. The summed E-state index contributed by atoms with van der Waals surface area (Å²) in [6, 6.07) is 11.1. The second kappa shape index (κ2) is 12.5. The van der Waals surface area contributed by atoms with Gasteiger partial charge >= 0.3 is 47.8 Å². The van der Waals surface area contributed by atoms with E-state index in [4.69, 9.17) is 0 Å². The number of para-hydroxylation sites is 1. The first-order valence-electron chi connectivity index (χ1n) is 13.1. The molecule has 7 nitrogen and oxygen atoms in total. The Morgan fingerprint density at radius 3 is 1.78 bits per heavy atom. The summed E-state index contributed by atoms with van der Waals surface area (Å²) in [5, 5.41) is 3.23. The van der Waals surface area contributed by atoms with Gasteiger partial charge in [-0.1, -0.05) is 42.5 Å². The molecule has 0 spiro atoms. The fourth-order valence-corrected chi connectivity index (χ4v) is 4.49. The first-order chi connectivity index (χ1) is 22.1. The van der Waals surface area contributed by atoms with Crippen LogP contribution in [0.5, 0.6) is 0 Å². The highest BCUT2D eigenvalue weighted by Gasteiger charge is 2.93. The zero-order valence-electron chi connectivity index (χ0n) is 24.2. The Balaban J connectivity index is 1.76. The summed E-state index contributed by atoms with van der Waals surface area (Å²) in [7, 11) is 1.02. The Morgan fingerprint density at radius 1 is 0.755 bits per heavy atom. The molecule has 0 saturated heterocycles. The molecule has 2 atom stereocenters. The minimum atomic E-state index is -8.48. The minimum absolute atomic E-state index is 0.232. The summed E-state index contributed by atoms with van der Waals surface area (Å²) < 4.78 is 205. The smallest absolute Gasteiger partial charge is 0.436 e. The van der Waals surface area contributed by atoms with Crippen molar-refractivity contribution >= 4 is 23.6 Å². The highest BCUT2D eigenvalue weighted by atomic mass is 19.4. The van der Waals surface area contributed by atoms with Gasteiger partial charge < -0.3 is 20.3 Å². The molecule has 22 heteroatoms. The quantitative estimate of drug-likeness (QED) is 0.251. The average Bonchev–Trinajstić information content (AvgIpc) is 3.11. The van der Waals surface area contributed by atoms with Crippen LogP contribution in [0, 0.1) is 0 Å². The number of anilines is 1. The van der Waals surface area contributed by atoms with Crippen LogP contribution in [-0.2, 0) is 14.3 Å². The first kappa shape index (κ1) is 39.0. The van der Waals surface area contributed by atoms with E-state index < -0.39 is 78.3 Å². The fourth-order valence-electron chi connectivity index (χ4n) is 4.49. The van der Waals surface area contributed by atoms with Crippen LogP contribution >= 0.6 is 0 Å². The van der Waals surface area contributed by atoms with Gasteiger partial charge in [0.25, 0.3) is 11.8 Å². The van der Waals surface area contributed by atoms with Crippen LogP contribution in [0.2, 0.25) is 0 Å². The van der Waals surface area contributed by atoms with Gasteiger partial charge in [-0.2, -0.15) is 65.9 Å².